The molecule has 2 rings (SSSR count). The lowest BCUT2D eigenvalue weighted by atomic mass is 10.1. The average molecular weight is 305 g/mol. The minimum Gasteiger partial charge on any atom is -0.492 e. The van der Waals surface area contributed by atoms with Gasteiger partial charge < -0.3 is 10.5 Å². The zero-order valence-corrected chi connectivity index (χ0v) is 13.2. The second-order valence-corrected chi connectivity index (χ2v) is 5.56. The second kappa shape index (κ2) is 7.34. The predicted octanol–water partition coefficient (Wildman–Crippen LogP) is 3.99. The first kappa shape index (κ1) is 15.7. The molecule has 0 fully saturated rings. The summed E-state index contributed by atoms with van der Waals surface area (Å²) in [5.74, 6) is 0.844. The van der Waals surface area contributed by atoms with Crippen LogP contribution in [0.4, 0.5) is 5.69 Å². The summed E-state index contributed by atoms with van der Waals surface area (Å²) in [5, 5.41) is 0.764. The average Bonchev–Trinajstić information content (AvgIpc) is 2.49. The topological polar surface area (TPSA) is 38.5 Å². The molecule has 0 saturated heterocycles. The van der Waals surface area contributed by atoms with Gasteiger partial charge in [0.15, 0.2) is 0 Å². The molecule has 0 aliphatic carbocycles. The lowest BCUT2D eigenvalue weighted by Crippen LogP contribution is -2.27. The normalized spacial score (nSPS) is 12.4. The van der Waals surface area contributed by atoms with Crippen LogP contribution in [0.1, 0.15) is 18.5 Å². The molecule has 4 heteroatoms. The van der Waals surface area contributed by atoms with Crippen LogP contribution in [-0.4, -0.2) is 25.1 Å². The fraction of sp³-hybridized carbons (Fsp3) is 0.294. The van der Waals surface area contributed by atoms with E-state index < -0.39 is 0 Å². The summed E-state index contributed by atoms with van der Waals surface area (Å²) >= 11 is 5.92. The van der Waals surface area contributed by atoms with Crippen molar-refractivity contribution in [1.29, 1.82) is 0 Å². The molecule has 0 aliphatic heterocycles. The number of hydrogen-bond donors (Lipinski definition) is 1. The van der Waals surface area contributed by atoms with Crippen molar-refractivity contribution in [2.45, 2.75) is 13.0 Å². The van der Waals surface area contributed by atoms with Crippen molar-refractivity contribution in [1.82, 2.24) is 4.90 Å². The maximum absolute atomic E-state index is 5.92. The van der Waals surface area contributed by atoms with E-state index in [1.165, 1.54) is 5.56 Å². The molecule has 3 nitrogen and oxygen atoms in total. The molecular formula is C17H21ClN2O. The SMILES string of the molecule is CC(c1ccc(Cl)cc1)N(C)CCOc1ccc(N)cc1. The van der Waals surface area contributed by atoms with Crippen molar-refractivity contribution in [3.05, 3.63) is 59.1 Å². The summed E-state index contributed by atoms with van der Waals surface area (Å²) < 4.78 is 5.72. The van der Waals surface area contributed by atoms with E-state index in [9.17, 15) is 0 Å². The number of anilines is 1. The minimum atomic E-state index is 0.317. The Kier molecular flexibility index (Phi) is 5.48. The van der Waals surface area contributed by atoms with Gasteiger partial charge in [-0.2, -0.15) is 0 Å². The smallest absolute Gasteiger partial charge is 0.119 e. The number of ether oxygens (including phenoxy) is 1. The number of halogens is 1. The summed E-state index contributed by atoms with van der Waals surface area (Å²) in [4.78, 5) is 2.25. The van der Waals surface area contributed by atoms with Gasteiger partial charge in [-0.05, 0) is 55.9 Å². The van der Waals surface area contributed by atoms with Crippen LogP contribution >= 0.6 is 11.6 Å². The first-order chi connectivity index (χ1) is 10.1. The molecule has 21 heavy (non-hydrogen) atoms. The molecule has 0 saturated carbocycles. The maximum atomic E-state index is 5.92. The fourth-order valence-electron chi connectivity index (χ4n) is 2.06. The van der Waals surface area contributed by atoms with Gasteiger partial charge >= 0.3 is 0 Å². The third kappa shape index (κ3) is 4.66. The van der Waals surface area contributed by atoms with Crippen LogP contribution in [0, 0.1) is 0 Å². The Morgan fingerprint density at radius 2 is 1.71 bits per heavy atom. The number of hydrogen-bond acceptors (Lipinski definition) is 3. The molecule has 2 aromatic rings. The van der Waals surface area contributed by atoms with E-state index in [1.54, 1.807) is 0 Å². The van der Waals surface area contributed by atoms with Gasteiger partial charge in [-0.3, -0.25) is 4.90 Å². The van der Waals surface area contributed by atoms with Crippen LogP contribution in [0.3, 0.4) is 0 Å². The Labute approximate surface area is 131 Å². The minimum absolute atomic E-state index is 0.317. The van der Waals surface area contributed by atoms with Crippen molar-refractivity contribution >= 4 is 17.3 Å². The van der Waals surface area contributed by atoms with E-state index in [4.69, 9.17) is 22.1 Å². The Hall–Kier alpha value is -1.71. The molecule has 0 heterocycles. The highest BCUT2D eigenvalue weighted by Crippen LogP contribution is 2.20. The molecule has 0 amide bonds. The van der Waals surface area contributed by atoms with E-state index >= 15 is 0 Å². The van der Waals surface area contributed by atoms with Gasteiger partial charge in [0.05, 0.1) is 0 Å². The predicted molar refractivity (Wildman–Crippen MR) is 88.8 cm³/mol. The Bertz CT molecular complexity index is 554. The van der Waals surface area contributed by atoms with Gasteiger partial charge in [-0.15, -0.1) is 0 Å². The lowest BCUT2D eigenvalue weighted by Gasteiger charge is -2.25. The van der Waals surface area contributed by atoms with Gasteiger partial charge in [-0.25, -0.2) is 0 Å². The first-order valence-corrected chi connectivity index (χ1v) is 7.38. The highest BCUT2D eigenvalue weighted by atomic mass is 35.5. The zero-order valence-electron chi connectivity index (χ0n) is 12.4. The molecule has 2 aromatic carbocycles. The molecule has 2 N–H and O–H groups in total. The van der Waals surface area contributed by atoms with Gasteiger partial charge in [0.2, 0.25) is 0 Å². The number of nitrogens with two attached hydrogens (primary N) is 1. The molecule has 0 spiro atoms. The summed E-state index contributed by atoms with van der Waals surface area (Å²) in [6.07, 6.45) is 0. The van der Waals surface area contributed by atoms with Crippen molar-refractivity contribution in [3.8, 4) is 5.75 Å². The quantitative estimate of drug-likeness (QED) is 0.820. The van der Waals surface area contributed by atoms with Crippen molar-refractivity contribution in [3.63, 3.8) is 0 Å². The highest BCUT2D eigenvalue weighted by molar-refractivity contribution is 6.30. The van der Waals surface area contributed by atoms with Gasteiger partial charge in [0.25, 0.3) is 0 Å². The third-order valence-electron chi connectivity index (χ3n) is 3.61. The number of nitrogen functional groups attached to an aromatic ring is 1. The van der Waals surface area contributed by atoms with Gasteiger partial charge in [0.1, 0.15) is 12.4 Å². The largest absolute Gasteiger partial charge is 0.492 e. The summed E-state index contributed by atoms with van der Waals surface area (Å²) in [6.45, 7) is 3.65. The maximum Gasteiger partial charge on any atom is 0.119 e. The molecular weight excluding hydrogens is 284 g/mol. The fourth-order valence-corrected chi connectivity index (χ4v) is 2.19. The van der Waals surface area contributed by atoms with E-state index in [-0.39, 0.29) is 0 Å². The number of likely N-dealkylation sites (N-methyl/N-ethyl adjacent to an activating group) is 1. The summed E-state index contributed by atoms with van der Waals surface area (Å²) in [7, 11) is 2.09. The molecule has 1 atom stereocenters. The van der Waals surface area contributed by atoms with Crippen LogP contribution in [0.25, 0.3) is 0 Å². The third-order valence-corrected chi connectivity index (χ3v) is 3.86. The van der Waals surface area contributed by atoms with Crippen LogP contribution < -0.4 is 10.5 Å². The molecule has 0 aliphatic rings. The number of benzene rings is 2. The number of rotatable bonds is 6. The van der Waals surface area contributed by atoms with Crippen LogP contribution in [0.2, 0.25) is 5.02 Å². The highest BCUT2D eigenvalue weighted by Gasteiger charge is 2.11. The van der Waals surface area contributed by atoms with Crippen molar-refractivity contribution in [2.24, 2.45) is 0 Å². The van der Waals surface area contributed by atoms with Gasteiger partial charge in [0, 0.05) is 23.3 Å². The van der Waals surface area contributed by atoms with Crippen LogP contribution in [0.5, 0.6) is 5.75 Å². The molecule has 1 unspecified atom stereocenters. The monoisotopic (exact) mass is 304 g/mol. The number of nitrogens with zero attached hydrogens (tertiary/aromatic N) is 1. The first-order valence-electron chi connectivity index (χ1n) is 7.00. The standard InChI is InChI=1S/C17H21ClN2O/c1-13(14-3-5-15(18)6-4-14)20(2)11-12-21-17-9-7-16(19)8-10-17/h3-10,13H,11-12,19H2,1-2H3. The molecule has 0 radical (unpaired) electrons. The Morgan fingerprint density at radius 1 is 1.10 bits per heavy atom. The summed E-state index contributed by atoms with van der Waals surface area (Å²) in [5.41, 5.74) is 7.64. The van der Waals surface area contributed by atoms with Crippen molar-refractivity contribution in [2.75, 3.05) is 25.9 Å². The zero-order chi connectivity index (χ0) is 15.2. The van der Waals surface area contributed by atoms with Crippen molar-refractivity contribution < 1.29 is 4.74 Å². The van der Waals surface area contributed by atoms with Crippen LogP contribution in [-0.2, 0) is 0 Å². The lowest BCUT2D eigenvalue weighted by molar-refractivity contribution is 0.201. The van der Waals surface area contributed by atoms with Crippen LogP contribution in [0.15, 0.2) is 48.5 Å². The van der Waals surface area contributed by atoms with Gasteiger partial charge in [-0.1, -0.05) is 23.7 Å². The second-order valence-electron chi connectivity index (χ2n) is 5.13. The molecule has 112 valence electrons. The van der Waals surface area contributed by atoms with E-state index in [2.05, 4.69) is 31.0 Å². The van der Waals surface area contributed by atoms with E-state index in [0.717, 1.165) is 23.0 Å². The summed E-state index contributed by atoms with van der Waals surface area (Å²) in [6, 6.07) is 15.7. The Balaban J connectivity index is 1.82. The molecule has 0 aromatic heterocycles. The molecule has 0 bridgehead atoms. The van der Waals surface area contributed by atoms with E-state index in [0.29, 0.717) is 12.6 Å². The Morgan fingerprint density at radius 3 is 2.33 bits per heavy atom. The van der Waals surface area contributed by atoms with E-state index in [1.807, 2.05) is 36.4 Å².